The molecule has 0 aliphatic carbocycles. The van der Waals surface area contributed by atoms with Gasteiger partial charge in [0.25, 0.3) is 11.8 Å². The molecular formula is C22H28F3N3O. The lowest BCUT2D eigenvalue weighted by molar-refractivity contribution is -0.0647. The van der Waals surface area contributed by atoms with Gasteiger partial charge in [0.1, 0.15) is 11.3 Å². The molecule has 1 N–H and O–H groups in total. The van der Waals surface area contributed by atoms with Crippen molar-refractivity contribution < 1.29 is 18.0 Å². The molecule has 4 nitrogen and oxygen atoms in total. The van der Waals surface area contributed by atoms with Gasteiger partial charge >= 0.3 is 0 Å². The molecule has 0 spiro atoms. The highest BCUT2D eigenvalue weighted by Gasteiger charge is 2.34. The number of alkyl halides is 2. The van der Waals surface area contributed by atoms with Gasteiger partial charge in [-0.25, -0.2) is 13.2 Å². The van der Waals surface area contributed by atoms with Crippen LogP contribution in [0, 0.1) is 11.7 Å². The third kappa shape index (κ3) is 5.92. The zero-order chi connectivity index (χ0) is 21.0. The van der Waals surface area contributed by atoms with Crippen LogP contribution in [0.2, 0.25) is 0 Å². The molecule has 0 saturated carbocycles. The van der Waals surface area contributed by atoms with E-state index in [1.54, 1.807) is 18.2 Å². The van der Waals surface area contributed by atoms with E-state index in [0.717, 1.165) is 19.4 Å². The first-order chi connectivity index (χ1) is 13.7. The number of pyridine rings is 1. The van der Waals surface area contributed by atoms with Crippen molar-refractivity contribution in [3.63, 3.8) is 0 Å². The molecule has 29 heavy (non-hydrogen) atoms. The summed E-state index contributed by atoms with van der Waals surface area (Å²) >= 11 is 0. The van der Waals surface area contributed by atoms with E-state index in [0.29, 0.717) is 29.8 Å². The molecule has 1 saturated heterocycles. The topological polar surface area (TPSA) is 45.2 Å². The molecule has 3 rings (SSSR count). The summed E-state index contributed by atoms with van der Waals surface area (Å²) in [7, 11) is 0. The number of benzene rings is 1. The maximum atomic E-state index is 13.7. The number of fused-ring (bicyclic) bond motifs is 1. The molecule has 2 aromatic rings. The van der Waals surface area contributed by atoms with Crippen molar-refractivity contribution in [3.05, 3.63) is 41.8 Å². The van der Waals surface area contributed by atoms with E-state index in [9.17, 15) is 18.0 Å². The molecule has 1 aromatic heterocycles. The Kier molecular flexibility index (Phi) is 6.77. The number of nitrogens with zero attached hydrogens (tertiary/aromatic N) is 2. The van der Waals surface area contributed by atoms with E-state index in [1.807, 2.05) is 11.8 Å². The second-order valence-electron chi connectivity index (χ2n) is 8.28. The molecule has 1 aliphatic rings. The van der Waals surface area contributed by atoms with Crippen LogP contribution in [0.1, 0.15) is 49.9 Å². The number of likely N-dealkylation sites (tertiary alicyclic amines) is 1. The van der Waals surface area contributed by atoms with Gasteiger partial charge in [0.15, 0.2) is 0 Å². The number of aromatic nitrogens is 1. The molecule has 0 radical (unpaired) electrons. The molecule has 1 unspecified atom stereocenters. The second kappa shape index (κ2) is 9.11. The lowest BCUT2D eigenvalue weighted by Crippen LogP contribution is -2.43. The normalized spacial score (nSPS) is 19.1. The molecule has 1 amide bonds. The van der Waals surface area contributed by atoms with Gasteiger partial charge in [-0.1, -0.05) is 19.1 Å². The highest BCUT2D eigenvalue weighted by atomic mass is 19.3. The molecular weight excluding hydrogens is 379 g/mol. The van der Waals surface area contributed by atoms with Crippen LogP contribution in [-0.2, 0) is 0 Å². The Hall–Kier alpha value is -2.15. The van der Waals surface area contributed by atoms with Gasteiger partial charge in [0, 0.05) is 24.0 Å². The quantitative estimate of drug-likeness (QED) is 0.727. The van der Waals surface area contributed by atoms with Gasteiger partial charge in [-0.05, 0) is 57.3 Å². The molecule has 0 bridgehead atoms. The summed E-state index contributed by atoms with van der Waals surface area (Å²) in [4.78, 5) is 18.4. The third-order valence-electron chi connectivity index (χ3n) is 5.47. The van der Waals surface area contributed by atoms with Gasteiger partial charge in [0.05, 0.1) is 12.1 Å². The smallest absolute Gasteiger partial charge is 0.260 e. The molecule has 7 heteroatoms. The van der Waals surface area contributed by atoms with Gasteiger partial charge in [0.2, 0.25) is 0 Å². The van der Waals surface area contributed by atoms with Crippen LogP contribution in [-0.4, -0.2) is 47.4 Å². The van der Waals surface area contributed by atoms with E-state index < -0.39 is 11.7 Å². The minimum atomic E-state index is -2.57. The van der Waals surface area contributed by atoms with Crippen molar-refractivity contribution in [2.45, 2.75) is 51.5 Å². The third-order valence-corrected chi connectivity index (χ3v) is 5.47. The summed E-state index contributed by atoms with van der Waals surface area (Å²) < 4.78 is 40.7. The van der Waals surface area contributed by atoms with Crippen LogP contribution in [0.3, 0.4) is 0 Å². The summed E-state index contributed by atoms with van der Waals surface area (Å²) in [5.41, 5.74) is 0.632. The van der Waals surface area contributed by atoms with Crippen LogP contribution < -0.4 is 5.32 Å². The van der Waals surface area contributed by atoms with Gasteiger partial charge in [-0.2, -0.15) is 0 Å². The number of hydrogen-bond donors (Lipinski definition) is 1. The summed E-state index contributed by atoms with van der Waals surface area (Å²) in [6.45, 7) is 5.23. The molecule has 1 aromatic carbocycles. The van der Waals surface area contributed by atoms with Gasteiger partial charge in [-0.3, -0.25) is 14.7 Å². The number of carbonyl (C=O) groups excluding carboxylic acids is 1. The highest BCUT2D eigenvalue weighted by molar-refractivity contribution is 5.97. The van der Waals surface area contributed by atoms with Crippen molar-refractivity contribution in [2.24, 2.45) is 5.92 Å². The lowest BCUT2D eigenvalue weighted by atomic mass is 9.98. The number of amides is 1. The predicted octanol–water partition coefficient (Wildman–Crippen LogP) is 4.64. The zero-order valence-corrected chi connectivity index (χ0v) is 16.9. The first-order valence-corrected chi connectivity index (χ1v) is 10.2. The minimum Gasteiger partial charge on any atom is -0.350 e. The first kappa shape index (κ1) is 21.6. The van der Waals surface area contributed by atoms with Crippen LogP contribution in [0.15, 0.2) is 30.5 Å². The van der Waals surface area contributed by atoms with Crippen molar-refractivity contribution in [1.29, 1.82) is 0 Å². The second-order valence-corrected chi connectivity index (χ2v) is 8.28. The van der Waals surface area contributed by atoms with Crippen molar-refractivity contribution >= 4 is 16.8 Å². The Morgan fingerprint density at radius 3 is 2.90 bits per heavy atom. The van der Waals surface area contributed by atoms with Crippen LogP contribution in [0.4, 0.5) is 13.2 Å². The van der Waals surface area contributed by atoms with E-state index in [-0.39, 0.29) is 30.4 Å². The molecule has 2 atom stereocenters. The summed E-state index contributed by atoms with van der Waals surface area (Å²) in [6.07, 6.45) is 3.47. The van der Waals surface area contributed by atoms with E-state index in [4.69, 9.17) is 0 Å². The SMILES string of the molecule is CC(CCN1CCCC(F)(F)C1)C[C@H](C)NC(=O)c1cnc2c(F)cccc2c1. The van der Waals surface area contributed by atoms with Crippen molar-refractivity contribution in [2.75, 3.05) is 19.6 Å². The molecule has 2 heterocycles. The van der Waals surface area contributed by atoms with E-state index >= 15 is 0 Å². The summed E-state index contributed by atoms with van der Waals surface area (Å²) in [5, 5.41) is 3.53. The monoisotopic (exact) mass is 407 g/mol. The average molecular weight is 407 g/mol. The van der Waals surface area contributed by atoms with Crippen LogP contribution in [0.25, 0.3) is 10.9 Å². The maximum absolute atomic E-state index is 13.7. The Morgan fingerprint density at radius 2 is 2.14 bits per heavy atom. The number of para-hydroxylation sites is 1. The Labute approximate surface area is 169 Å². The van der Waals surface area contributed by atoms with E-state index in [2.05, 4.69) is 17.2 Å². The summed E-state index contributed by atoms with van der Waals surface area (Å²) in [5.74, 6) is -2.94. The zero-order valence-electron chi connectivity index (χ0n) is 16.9. The molecule has 1 aliphatic heterocycles. The Balaban J connectivity index is 1.48. The fourth-order valence-electron chi connectivity index (χ4n) is 3.98. The standard InChI is InChI=1S/C22H28F3N3O/c1-15(7-10-28-9-4-8-22(24,25)14-28)11-16(2)27-21(29)18-12-17-5-3-6-19(23)20(17)26-13-18/h3,5-6,12-13,15-16H,4,7-11,14H2,1-2H3,(H,27,29)/t15?,16-/m0/s1. The van der Waals surface area contributed by atoms with Crippen molar-refractivity contribution in [1.82, 2.24) is 15.2 Å². The van der Waals surface area contributed by atoms with Gasteiger partial charge in [-0.15, -0.1) is 0 Å². The molecule has 1 fully saturated rings. The predicted molar refractivity (Wildman–Crippen MR) is 108 cm³/mol. The number of nitrogens with one attached hydrogen (secondary N) is 1. The number of hydrogen-bond acceptors (Lipinski definition) is 3. The van der Waals surface area contributed by atoms with Crippen LogP contribution >= 0.6 is 0 Å². The number of piperidine rings is 1. The Bertz CT molecular complexity index is 858. The summed E-state index contributed by atoms with van der Waals surface area (Å²) in [6, 6.07) is 6.21. The maximum Gasteiger partial charge on any atom is 0.260 e. The lowest BCUT2D eigenvalue weighted by Gasteiger charge is -2.33. The largest absolute Gasteiger partial charge is 0.350 e. The fraction of sp³-hybridized carbons (Fsp3) is 0.545. The fourth-order valence-corrected chi connectivity index (χ4v) is 3.98. The molecule has 158 valence electrons. The average Bonchev–Trinajstić information content (AvgIpc) is 2.65. The number of carbonyl (C=O) groups is 1. The minimum absolute atomic E-state index is 0.0155. The highest BCUT2D eigenvalue weighted by Crippen LogP contribution is 2.27. The first-order valence-electron chi connectivity index (χ1n) is 10.2. The van der Waals surface area contributed by atoms with Crippen molar-refractivity contribution in [3.8, 4) is 0 Å². The van der Waals surface area contributed by atoms with Gasteiger partial charge < -0.3 is 5.32 Å². The number of rotatable bonds is 7. The Morgan fingerprint density at radius 1 is 1.34 bits per heavy atom. The number of halogens is 3. The van der Waals surface area contributed by atoms with E-state index in [1.165, 1.54) is 12.3 Å². The van der Waals surface area contributed by atoms with Crippen LogP contribution in [0.5, 0.6) is 0 Å².